The maximum Gasteiger partial charge on any atom is 0.120 e. The number of quaternary nitrogens is 1. The standard InChI is InChI=1S/C37H39IN3/c1-4-9-30-18-19-33(24-35(30)38)39-36-25-34(22-26-14-16-28-10-5-7-12-31(28)20-26)41(2,3)37(40-36)23-27-15-17-29-11-6-8-13-32(29)21-27/h5-24,34-37,39-40H,4,25H2,1-3H3/q-1/b26-22?,30-9-. The Labute approximate surface area is 258 Å². The van der Waals surface area contributed by atoms with E-state index in [1.54, 1.807) is 0 Å². The minimum Gasteiger partial charge on any atom is -0.370 e. The average Bonchev–Trinajstić information content (AvgIpc) is 2.97. The molecular weight excluding hydrogens is 613 g/mol. The third-order valence-electron chi connectivity index (χ3n) is 8.58. The molecule has 4 heteroatoms. The average molecular weight is 653 g/mol. The molecule has 3 aliphatic rings. The molecule has 1 aliphatic heterocycles. The van der Waals surface area contributed by atoms with Crippen LogP contribution in [0.5, 0.6) is 0 Å². The molecule has 1 fully saturated rings. The van der Waals surface area contributed by atoms with Gasteiger partial charge in [0.1, 0.15) is 6.17 Å². The van der Waals surface area contributed by atoms with E-state index in [-0.39, 0.29) is 12.3 Å². The van der Waals surface area contributed by atoms with Crippen LogP contribution in [0.25, 0.3) is 22.9 Å². The van der Waals surface area contributed by atoms with Crippen LogP contribution < -0.4 is 21.1 Å². The molecule has 6 rings (SSSR count). The van der Waals surface area contributed by atoms with Gasteiger partial charge in [-0.15, -0.1) is 41.9 Å². The summed E-state index contributed by atoms with van der Waals surface area (Å²) in [7, 11) is 4.71. The first-order chi connectivity index (χ1) is 19.9. The molecule has 1 saturated heterocycles. The molecule has 0 amide bonds. The van der Waals surface area contributed by atoms with E-state index in [1.807, 2.05) is 0 Å². The molecule has 0 aromatic heterocycles. The normalized spacial score (nSPS) is 26.9. The molecule has 3 aromatic rings. The number of likely N-dealkylation sites (N-methyl/N-ethyl adjacent to an activating group) is 1. The number of fused-ring (bicyclic) bond motifs is 2. The predicted octanol–water partition coefficient (Wildman–Crippen LogP) is 6.07. The third-order valence-corrected chi connectivity index (χ3v) is 9.66. The number of benzene rings is 3. The fourth-order valence-corrected chi connectivity index (χ4v) is 6.96. The van der Waals surface area contributed by atoms with Gasteiger partial charge < -0.3 is 9.80 Å². The van der Waals surface area contributed by atoms with Crippen molar-refractivity contribution in [2.24, 2.45) is 0 Å². The fraction of sp³-hybridized carbons (Fsp3) is 0.243. The number of halogens is 1. The topological polar surface area (TPSA) is 24.1 Å². The van der Waals surface area contributed by atoms with E-state index in [2.05, 4.69) is 176 Å². The van der Waals surface area contributed by atoms with Crippen LogP contribution in [-0.4, -0.2) is 40.9 Å². The first kappa shape index (κ1) is 28.0. The monoisotopic (exact) mass is 652 g/mol. The summed E-state index contributed by atoms with van der Waals surface area (Å²) < 4.78 is 1.21. The van der Waals surface area contributed by atoms with Crippen LogP contribution in [0, 0.1) is 12.8 Å². The van der Waals surface area contributed by atoms with Gasteiger partial charge in [-0.2, -0.15) is 17.7 Å². The highest BCUT2D eigenvalue weighted by atomic mass is 127. The maximum atomic E-state index is 3.98. The van der Waals surface area contributed by atoms with Crippen LogP contribution in [0.2, 0.25) is 0 Å². The molecule has 0 radical (unpaired) electrons. The summed E-state index contributed by atoms with van der Waals surface area (Å²) in [6.45, 7) is 2.20. The van der Waals surface area contributed by atoms with Crippen LogP contribution in [0.4, 0.5) is 0 Å². The Morgan fingerprint density at radius 2 is 1.80 bits per heavy atom. The van der Waals surface area contributed by atoms with Crippen LogP contribution in [-0.2, 0) is 0 Å². The van der Waals surface area contributed by atoms with Gasteiger partial charge in [-0.1, -0.05) is 107 Å². The highest BCUT2D eigenvalue weighted by Gasteiger charge is 2.40. The Bertz CT molecular complexity index is 1680. The quantitative estimate of drug-likeness (QED) is 0.146. The largest absolute Gasteiger partial charge is 0.370 e. The van der Waals surface area contributed by atoms with Gasteiger partial charge in [0.25, 0.3) is 0 Å². The van der Waals surface area contributed by atoms with Crippen LogP contribution in [0.15, 0.2) is 114 Å². The van der Waals surface area contributed by atoms with Crippen molar-refractivity contribution >= 4 is 45.5 Å². The number of hydrogen-bond acceptors (Lipinski definition) is 2. The lowest BCUT2D eigenvalue weighted by Crippen LogP contribution is -2.70. The molecule has 0 spiro atoms. The molecule has 3 nitrogen and oxygen atoms in total. The molecule has 2 N–H and O–H groups in total. The predicted molar refractivity (Wildman–Crippen MR) is 182 cm³/mol. The van der Waals surface area contributed by atoms with Crippen LogP contribution in [0.3, 0.4) is 0 Å². The number of nitrogens with zero attached hydrogens (tertiary/aromatic N) is 1. The van der Waals surface area contributed by atoms with E-state index in [1.165, 1.54) is 43.6 Å². The summed E-state index contributed by atoms with van der Waals surface area (Å²) in [5, 5.41) is 13.0. The smallest absolute Gasteiger partial charge is 0.120 e. The molecule has 0 saturated carbocycles. The van der Waals surface area contributed by atoms with E-state index in [4.69, 9.17) is 0 Å². The van der Waals surface area contributed by atoms with E-state index >= 15 is 0 Å². The van der Waals surface area contributed by atoms with Crippen molar-refractivity contribution in [2.45, 2.75) is 42.1 Å². The van der Waals surface area contributed by atoms with Gasteiger partial charge in [0.05, 0.1) is 30.2 Å². The van der Waals surface area contributed by atoms with Crippen LogP contribution in [0.1, 0.15) is 25.3 Å². The minimum atomic E-state index is 0.128. The second kappa shape index (κ2) is 12.0. The summed E-state index contributed by atoms with van der Waals surface area (Å²) in [6, 6.07) is 24.3. The summed E-state index contributed by atoms with van der Waals surface area (Å²) in [6.07, 6.45) is 23.2. The number of alkyl halides is 1. The van der Waals surface area contributed by atoms with Gasteiger partial charge in [-0.25, -0.2) is 0 Å². The van der Waals surface area contributed by atoms with Gasteiger partial charge in [0.2, 0.25) is 0 Å². The molecule has 0 bridgehead atoms. The molecule has 3 aromatic carbocycles. The lowest BCUT2D eigenvalue weighted by molar-refractivity contribution is -0.936. The summed E-state index contributed by atoms with van der Waals surface area (Å²) in [4.78, 5) is 0. The first-order valence-corrected chi connectivity index (χ1v) is 15.9. The molecule has 4 unspecified atom stereocenters. The summed E-state index contributed by atoms with van der Waals surface area (Å²) >= 11 is 2.54. The zero-order valence-corrected chi connectivity index (χ0v) is 26.3. The lowest BCUT2D eigenvalue weighted by atomic mass is 9.93. The van der Waals surface area contributed by atoms with Crippen molar-refractivity contribution in [3.63, 3.8) is 0 Å². The molecule has 41 heavy (non-hydrogen) atoms. The molecular formula is C37H39IN3-. The first-order valence-electron chi connectivity index (χ1n) is 14.7. The van der Waals surface area contributed by atoms with E-state index < -0.39 is 0 Å². The Morgan fingerprint density at radius 3 is 2.61 bits per heavy atom. The van der Waals surface area contributed by atoms with Gasteiger partial charge in [0, 0.05) is 12.1 Å². The zero-order chi connectivity index (χ0) is 28.4. The Balaban J connectivity index is 1.30. The van der Waals surface area contributed by atoms with Crippen molar-refractivity contribution in [1.29, 1.82) is 0 Å². The zero-order valence-electron chi connectivity index (χ0n) is 24.1. The van der Waals surface area contributed by atoms with E-state index in [0.717, 1.165) is 17.3 Å². The Morgan fingerprint density at radius 1 is 1.02 bits per heavy atom. The Hall–Kier alpha value is -3.19. The fourth-order valence-electron chi connectivity index (χ4n) is 6.12. The van der Waals surface area contributed by atoms with Gasteiger partial charge >= 0.3 is 0 Å². The number of nitrogens with one attached hydrogen (secondary N) is 2. The van der Waals surface area contributed by atoms with Gasteiger partial charge in [0.15, 0.2) is 0 Å². The maximum absolute atomic E-state index is 3.98. The SMILES string of the molecule is CC/C=C1/C=CC(NC2CC(C=C3C=c4ccccc4=C[CH-]3)[N+](C)(C)C([CH-]c3ccc4ccccc4c3)N2)=CC1I. The van der Waals surface area contributed by atoms with Crippen molar-refractivity contribution in [3.05, 3.63) is 143 Å². The van der Waals surface area contributed by atoms with E-state index in [9.17, 15) is 0 Å². The second-order valence-corrected chi connectivity index (χ2v) is 13.1. The number of hydrogen-bond donors (Lipinski definition) is 2. The number of allylic oxidation sites excluding steroid dienone is 6. The minimum absolute atomic E-state index is 0.128. The van der Waals surface area contributed by atoms with Gasteiger partial charge in [-0.3, -0.25) is 5.32 Å². The highest BCUT2D eigenvalue weighted by molar-refractivity contribution is 14.1. The molecule has 210 valence electrons. The molecule has 1 heterocycles. The van der Waals surface area contributed by atoms with Crippen molar-refractivity contribution < 1.29 is 4.48 Å². The van der Waals surface area contributed by atoms with Crippen molar-refractivity contribution in [2.75, 3.05) is 14.1 Å². The number of rotatable bonds is 6. The highest BCUT2D eigenvalue weighted by Crippen LogP contribution is 2.30. The van der Waals surface area contributed by atoms with Gasteiger partial charge in [-0.05, 0) is 29.5 Å². The molecule has 2 aliphatic carbocycles. The third kappa shape index (κ3) is 6.20. The summed E-state index contributed by atoms with van der Waals surface area (Å²) in [5.74, 6) is 0. The van der Waals surface area contributed by atoms with Crippen molar-refractivity contribution in [3.8, 4) is 0 Å². The van der Waals surface area contributed by atoms with E-state index in [0.29, 0.717) is 9.97 Å². The summed E-state index contributed by atoms with van der Waals surface area (Å²) in [5.41, 5.74) is 5.11. The van der Waals surface area contributed by atoms with Crippen LogP contribution >= 0.6 is 22.6 Å². The Kier molecular flexibility index (Phi) is 8.16. The lowest BCUT2D eigenvalue weighted by Gasteiger charge is -2.53. The van der Waals surface area contributed by atoms with Crippen molar-refractivity contribution in [1.82, 2.24) is 10.6 Å². The second-order valence-electron chi connectivity index (χ2n) is 11.8. The molecule has 4 atom stereocenters.